The highest BCUT2D eigenvalue weighted by Gasteiger charge is 2.23. The number of ether oxygens (including phenoxy) is 1. The van der Waals surface area contributed by atoms with Crippen molar-refractivity contribution in [2.45, 2.75) is 64.3 Å². The van der Waals surface area contributed by atoms with Gasteiger partial charge >= 0.3 is 0 Å². The Labute approximate surface area is 172 Å². The van der Waals surface area contributed by atoms with Crippen LogP contribution in [-0.2, 0) is 0 Å². The Morgan fingerprint density at radius 3 is 2.21 bits per heavy atom. The molecule has 0 unspecified atom stereocenters. The van der Waals surface area contributed by atoms with Crippen LogP contribution in [0.5, 0.6) is 5.75 Å². The first kappa shape index (κ1) is 21.0. The fourth-order valence-electron chi connectivity index (χ4n) is 3.70. The van der Waals surface area contributed by atoms with Gasteiger partial charge < -0.3 is 4.74 Å². The van der Waals surface area contributed by atoms with Crippen molar-refractivity contribution in [2.75, 3.05) is 6.61 Å². The third-order valence-corrected chi connectivity index (χ3v) is 9.37. The molecule has 0 aliphatic heterocycles. The summed E-state index contributed by atoms with van der Waals surface area (Å²) in [5, 5.41) is 0. The zero-order valence-corrected chi connectivity index (χ0v) is 20.5. The highest BCUT2D eigenvalue weighted by Crippen LogP contribution is 2.38. The minimum absolute atomic E-state index is 0.754. The van der Waals surface area contributed by atoms with E-state index in [1.165, 1.54) is 37.7 Å². The standard InChI is InChI=1S/C19H29Br3OSi/c1-15(2)14-16-4-6-17(7-5-16)18-8-10-19(11-9-18)23-12-3-13-24(20,21)22/h8-11,15-17H,3-7,12-14H2,1-2H3. The van der Waals surface area contributed by atoms with E-state index >= 15 is 0 Å². The average Bonchev–Trinajstić information content (AvgIpc) is 2.52. The van der Waals surface area contributed by atoms with Gasteiger partial charge in [-0.25, -0.2) is 0 Å². The lowest BCUT2D eigenvalue weighted by Gasteiger charge is -2.29. The van der Waals surface area contributed by atoms with Crippen LogP contribution in [0.4, 0.5) is 0 Å². The van der Waals surface area contributed by atoms with Crippen molar-refractivity contribution >= 4 is 49.8 Å². The van der Waals surface area contributed by atoms with Crippen LogP contribution in [0.3, 0.4) is 0 Å². The summed E-state index contributed by atoms with van der Waals surface area (Å²) in [6.45, 7) is 5.47. The summed E-state index contributed by atoms with van der Waals surface area (Å²) in [6.07, 6.45) is 7.96. The highest BCUT2D eigenvalue weighted by molar-refractivity contribution is 9.72. The molecule has 1 aromatic rings. The Kier molecular flexibility index (Phi) is 8.85. The molecule has 0 spiro atoms. The summed E-state index contributed by atoms with van der Waals surface area (Å²) in [4.78, 5) is 0. The second-order valence-corrected chi connectivity index (χ2v) is 31.0. The number of hydrogen-bond donors (Lipinski definition) is 0. The van der Waals surface area contributed by atoms with E-state index in [4.69, 9.17) is 4.74 Å². The molecule has 24 heavy (non-hydrogen) atoms. The molecule has 1 saturated carbocycles. The molecule has 0 aromatic heterocycles. The van der Waals surface area contributed by atoms with Crippen LogP contribution in [0, 0.1) is 11.8 Å². The van der Waals surface area contributed by atoms with Gasteiger partial charge in [-0.3, -0.25) is 0 Å². The minimum Gasteiger partial charge on any atom is -0.494 e. The SMILES string of the molecule is CC(C)CC1CCC(c2ccc(OCCC[Si](Br)(Br)Br)cc2)CC1. The molecule has 0 amide bonds. The highest BCUT2D eigenvalue weighted by atomic mass is 80.0. The van der Waals surface area contributed by atoms with Gasteiger partial charge in [0.15, 0.2) is 0 Å². The number of rotatable bonds is 8. The average molecular weight is 541 g/mol. The Morgan fingerprint density at radius 2 is 1.67 bits per heavy atom. The van der Waals surface area contributed by atoms with E-state index in [0.717, 1.165) is 42.6 Å². The van der Waals surface area contributed by atoms with Crippen LogP contribution in [0.1, 0.15) is 63.9 Å². The molecule has 5 heteroatoms. The normalized spacial score (nSPS) is 21.9. The molecular weight excluding hydrogens is 512 g/mol. The Balaban J connectivity index is 1.74. The first-order chi connectivity index (χ1) is 11.3. The lowest BCUT2D eigenvalue weighted by molar-refractivity contribution is 0.282. The van der Waals surface area contributed by atoms with E-state index in [1.54, 1.807) is 0 Å². The summed E-state index contributed by atoms with van der Waals surface area (Å²) in [7, 11) is 0. The first-order valence-corrected chi connectivity index (χ1v) is 18.1. The molecule has 0 atom stereocenters. The molecule has 1 aliphatic carbocycles. The van der Waals surface area contributed by atoms with Crippen molar-refractivity contribution in [1.29, 1.82) is 0 Å². The van der Waals surface area contributed by atoms with Gasteiger partial charge in [0.25, 0.3) is 3.93 Å². The maximum absolute atomic E-state index is 5.86. The largest absolute Gasteiger partial charge is 0.494 e. The lowest BCUT2D eigenvalue weighted by Crippen LogP contribution is -2.15. The van der Waals surface area contributed by atoms with Crippen molar-refractivity contribution in [3.05, 3.63) is 29.8 Å². The van der Waals surface area contributed by atoms with Crippen LogP contribution in [0.25, 0.3) is 0 Å². The van der Waals surface area contributed by atoms with Crippen LogP contribution < -0.4 is 4.74 Å². The molecule has 0 saturated heterocycles. The number of halogens is 3. The van der Waals surface area contributed by atoms with Crippen molar-refractivity contribution in [2.24, 2.45) is 11.8 Å². The van der Waals surface area contributed by atoms with Crippen molar-refractivity contribution in [3.8, 4) is 5.75 Å². The van der Waals surface area contributed by atoms with Gasteiger partial charge in [-0.05, 0) is 80.0 Å². The van der Waals surface area contributed by atoms with Crippen LogP contribution in [0.2, 0.25) is 6.04 Å². The number of hydrogen-bond acceptors (Lipinski definition) is 1. The van der Waals surface area contributed by atoms with Gasteiger partial charge in [0.2, 0.25) is 0 Å². The second kappa shape index (κ2) is 10.1. The summed E-state index contributed by atoms with van der Waals surface area (Å²) in [5.74, 6) is 3.55. The third-order valence-electron chi connectivity index (χ3n) is 4.88. The maximum Gasteiger partial charge on any atom is 0.267 e. The molecule has 0 bridgehead atoms. The molecule has 1 aromatic carbocycles. The Hall–Kier alpha value is 0.677. The summed E-state index contributed by atoms with van der Waals surface area (Å²) < 4.78 is 4.38. The molecule has 1 fully saturated rings. The van der Waals surface area contributed by atoms with E-state index in [2.05, 4.69) is 84.0 Å². The second-order valence-electron chi connectivity index (χ2n) is 7.48. The maximum atomic E-state index is 5.86. The smallest absolute Gasteiger partial charge is 0.267 e. The van der Waals surface area contributed by atoms with E-state index < -0.39 is 3.93 Å². The van der Waals surface area contributed by atoms with Gasteiger partial charge in [-0.1, -0.05) is 71.9 Å². The minimum atomic E-state index is -1.49. The molecular formula is C19H29Br3OSi. The Morgan fingerprint density at radius 1 is 1.04 bits per heavy atom. The van der Waals surface area contributed by atoms with E-state index in [9.17, 15) is 0 Å². The van der Waals surface area contributed by atoms with Crippen molar-refractivity contribution in [1.82, 2.24) is 0 Å². The molecule has 1 nitrogen and oxygen atoms in total. The van der Waals surface area contributed by atoms with Gasteiger partial charge in [0, 0.05) is 0 Å². The molecule has 2 rings (SSSR count). The molecule has 0 radical (unpaired) electrons. The van der Waals surface area contributed by atoms with Crippen molar-refractivity contribution < 1.29 is 4.74 Å². The van der Waals surface area contributed by atoms with Gasteiger partial charge in [0.05, 0.1) is 6.61 Å². The molecule has 0 heterocycles. The monoisotopic (exact) mass is 538 g/mol. The van der Waals surface area contributed by atoms with Crippen LogP contribution >= 0.6 is 45.9 Å². The van der Waals surface area contributed by atoms with Gasteiger partial charge in [-0.15, -0.1) is 0 Å². The predicted molar refractivity (Wildman–Crippen MR) is 118 cm³/mol. The molecule has 136 valence electrons. The summed E-state index contributed by atoms with van der Waals surface area (Å²) >= 11 is 11.0. The summed E-state index contributed by atoms with van der Waals surface area (Å²) in [5.41, 5.74) is 1.50. The van der Waals surface area contributed by atoms with Crippen LogP contribution in [-0.4, -0.2) is 10.5 Å². The fraction of sp³-hybridized carbons (Fsp3) is 0.684. The fourth-order valence-corrected chi connectivity index (χ4v) is 6.77. The van der Waals surface area contributed by atoms with Crippen molar-refractivity contribution in [3.63, 3.8) is 0 Å². The number of benzene rings is 1. The zero-order chi connectivity index (χ0) is 17.6. The van der Waals surface area contributed by atoms with E-state index in [-0.39, 0.29) is 0 Å². The predicted octanol–water partition coefficient (Wildman–Crippen LogP) is 7.90. The zero-order valence-electron chi connectivity index (χ0n) is 14.7. The van der Waals surface area contributed by atoms with Gasteiger partial charge in [-0.2, -0.15) is 0 Å². The molecule has 0 N–H and O–H groups in total. The quantitative estimate of drug-likeness (QED) is 0.185. The van der Waals surface area contributed by atoms with Gasteiger partial charge in [0.1, 0.15) is 5.75 Å². The topological polar surface area (TPSA) is 9.23 Å². The lowest BCUT2D eigenvalue weighted by atomic mass is 9.76. The van der Waals surface area contributed by atoms with E-state index in [0.29, 0.717) is 0 Å². The first-order valence-electron chi connectivity index (χ1n) is 9.13. The Bertz CT molecular complexity index is 476. The van der Waals surface area contributed by atoms with Crippen LogP contribution in [0.15, 0.2) is 24.3 Å². The van der Waals surface area contributed by atoms with E-state index in [1.807, 2.05) is 0 Å². The third kappa shape index (κ3) is 7.92. The summed E-state index contributed by atoms with van der Waals surface area (Å²) in [6, 6.07) is 9.96. The molecule has 1 aliphatic rings.